The van der Waals surface area contributed by atoms with Crippen LogP contribution in [0, 0.1) is 0 Å². The first-order valence-electron chi connectivity index (χ1n) is 6.91. The summed E-state index contributed by atoms with van der Waals surface area (Å²) in [4.78, 5) is 0. The van der Waals surface area contributed by atoms with E-state index < -0.39 is 0 Å². The van der Waals surface area contributed by atoms with Gasteiger partial charge in [-0.25, -0.2) is 0 Å². The van der Waals surface area contributed by atoms with Gasteiger partial charge in [0.15, 0.2) is 0 Å². The van der Waals surface area contributed by atoms with Crippen molar-refractivity contribution in [3.05, 3.63) is 58.6 Å². The van der Waals surface area contributed by atoms with E-state index in [9.17, 15) is 5.11 Å². The number of phenolic OH excluding ortho intramolecular Hbond substituents is 1. The van der Waals surface area contributed by atoms with E-state index in [1.54, 1.807) is 12.1 Å². The summed E-state index contributed by atoms with van der Waals surface area (Å²) in [6, 6.07) is 13.8. The number of anilines is 1. The van der Waals surface area contributed by atoms with Crippen LogP contribution in [0.5, 0.6) is 5.75 Å². The fourth-order valence-electron chi connectivity index (χ4n) is 2.03. The molecule has 0 spiro atoms. The molecule has 0 bridgehead atoms. The van der Waals surface area contributed by atoms with Gasteiger partial charge >= 0.3 is 0 Å². The zero-order valence-electron chi connectivity index (χ0n) is 11.9. The maximum atomic E-state index is 9.38. The molecule has 1 unspecified atom stereocenters. The second-order valence-corrected chi connectivity index (χ2v) is 5.48. The Labute approximate surface area is 125 Å². The molecule has 0 radical (unpaired) electrons. The summed E-state index contributed by atoms with van der Waals surface area (Å²) in [6.07, 6.45) is 1.15. The highest BCUT2D eigenvalue weighted by atomic mass is 35.5. The van der Waals surface area contributed by atoms with E-state index in [1.807, 2.05) is 6.07 Å². The third kappa shape index (κ3) is 3.67. The van der Waals surface area contributed by atoms with Crippen molar-refractivity contribution in [2.45, 2.75) is 32.7 Å². The SMILES string of the molecule is CCC(C)c1ccc(NCc2ccc(O)c(Cl)c2)cc1. The van der Waals surface area contributed by atoms with Crippen LogP contribution in [-0.2, 0) is 6.54 Å². The summed E-state index contributed by atoms with van der Waals surface area (Å²) in [7, 11) is 0. The van der Waals surface area contributed by atoms with E-state index in [0.717, 1.165) is 17.7 Å². The second kappa shape index (κ2) is 6.67. The molecule has 0 amide bonds. The van der Waals surface area contributed by atoms with Crippen LogP contribution in [0.2, 0.25) is 5.02 Å². The van der Waals surface area contributed by atoms with Gasteiger partial charge in [0.2, 0.25) is 0 Å². The largest absolute Gasteiger partial charge is 0.506 e. The molecule has 3 heteroatoms. The molecule has 2 rings (SSSR count). The minimum Gasteiger partial charge on any atom is -0.506 e. The number of benzene rings is 2. The molecule has 0 aliphatic heterocycles. The predicted octanol–water partition coefficient (Wildman–Crippen LogP) is 5.17. The zero-order valence-corrected chi connectivity index (χ0v) is 12.6. The molecule has 2 nitrogen and oxygen atoms in total. The normalized spacial score (nSPS) is 12.2. The molecule has 2 aromatic rings. The number of halogens is 1. The fraction of sp³-hybridized carbons (Fsp3) is 0.294. The van der Waals surface area contributed by atoms with Crippen molar-refractivity contribution in [1.29, 1.82) is 0 Å². The summed E-state index contributed by atoms with van der Waals surface area (Å²) < 4.78 is 0. The highest BCUT2D eigenvalue weighted by Gasteiger charge is 2.03. The van der Waals surface area contributed by atoms with Gasteiger partial charge in [0.05, 0.1) is 5.02 Å². The first kappa shape index (κ1) is 14.7. The molecule has 0 heterocycles. The number of rotatable bonds is 5. The molecule has 0 fully saturated rings. The van der Waals surface area contributed by atoms with Gasteiger partial charge in [-0.05, 0) is 47.7 Å². The fourth-order valence-corrected chi connectivity index (χ4v) is 2.23. The average molecular weight is 290 g/mol. The van der Waals surface area contributed by atoms with Gasteiger partial charge in [0.25, 0.3) is 0 Å². The molecule has 0 aromatic heterocycles. The maximum Gasteiger partial charge on any atom is 0.134 e. The molecule has 0 saturated carbocycles. The molecule has 0 aliphatic carbocycles. The number of hydrogen-bond acceptors (Lipinski definition) is 2. The van der Waals surface area contributed by atoms with Crippen LogP contribution < -0.4 is 5.32 Å². The van der Waals surface area contributed by atoms with Gasteiger partial charge < -0.3 is 10.4 Å². The van der Waals surface area contributed by atoms with Gasteiger partial charge in [0, 0.05) is 12.2 Å². The number of phenols is 1. The Bertz CT molecular complexity index is 566. The van der Waals surface area contributed by atoms with Gasteiger partial charge in [-0.2, -0.15) is 0 Å². The molecule has 2 N–H and O–H groups in total. The van der Waals surface area contributed by atoms with Crippen molar-refractivity contribution in [1.82, 2.24) is 0 Å². The molecule has 0 aliphatic rings. The average Bonchev–Trinajstić information content (AvgIpc) is 2.48. The summed E-state index contributed by atoms with van der Waals surface area (Å²) >= 11 is 5.89. The highest BCUT2D eigenvalue weighted by molar-refractivity contribution is 6.32. The highest BCUT2D eigenvalue weighted by Crippen LogP contribution is 2.24. The summed E-state index contributed by atoms with van der Waals surface area (Å²) in [5, 5.41) is 13.1. The Morgan fingerprint density at radius 2 is 1.85 bits per heavy atom. The quantitative estimate of drug-likeness (QED) is 0.796. The lowest BCUT2D eigenvalue weighted by Gasteiger charge is -2.11. The molecule has 20 heavy (non-hydrogen) atoms. The summed E-state index contributed by atoms with van der Waals surface area (Å²) in [5.41, 5.74) is 3.49. The van der Waals surface area contributed by atoms with Crippen molar-refractivity contribution in [2.75, 3.05) is 5.32 Å². The summed E-state index contributed by atoms with van der Waals surface area (Å²) in [6.45, 7) is 5.12. The van der Waals surface area contributed by atoms with Crippen molar-refractivity contribution in [3.63, 3.8) is 0 Å². The van der Waals surface area contributed by atoms with Gasteiger partial charge in [-0.3, -0.25) is 0 Å². The third-order valence-electron chi connectivity index (χ3n) is 3.60. The first-order valence-corrected chi connectivity index (χ1v) is 7.29. The predicted molar refractivity (Wildman–Crippen MR) is 85.6 cm³/mol. The minimum absolute atomic E-state index is 0.119. The molecular formula is C17H20ClNO. The van der Waals surface area contributed by atoms with Gasteiger partial charge in [-0.15, -0.1) is 0 Å². The van der Waals surface area contributed by atoms with E-state index in [1.165, 1.54) is 5.56 Å². The Morgan fingerprint density at radius 3 is 2.45 bits per heavy atom. The smallest absolute Gasteiger partial charge is 0.134 e. The second-order valence-electron chi connectivity index (χ2n) is 5.07. The Kier molecular flexibility index (Phi) is 4.91. The van der Waals surface area contributed by atoms with E-state index in [2.05, 4.69) is 43.4 Å². The van der Waals surface area contributed by atoms with Crippen LogP contribution >= 0.6 is 11.6 Å². The lowest BCUT2D eigenvalue weighted by molar-refractivity contribution is 0.475. The van der Waals surface area contributed by atoms with Crippen LogP contribution in [0.3, 0.4) is 0 Å². The lowest BCUT2D eigenvalue weighted by Crippen LogP contribution is -2.00. The van der Waals surface area contributed by atoms with E-state index in [4.69, 9.17) is 11.6 Å². The van der Waals surface area contributed by atoms with Gasteiger partial charge in [0.1, 0.15) is 5.75 Å². The van der Waals surface area contributed by atoms with E-state index in [0.29, 0.717) is 17.5 Å². The Hall–Kier alpha value is -1.67. The number of nitrogens with one attached hydrogen (secondary N) is 1. The monoisotopic (exact) mass is 289 g/mol. The van der Waals surface area contributed by atoms with Crippen molar-refractivity contribution < 1.29 is 5.11 Å². The topological polar surface area (TPSA) is 32.3 Å². The molecule has 1 atom stereocenters. The minimum atomic E-state index is 0.119. The van der Waals surface area contributed by atoms with Crippen LogP contribution in [0.25, 0.3) is 0 Å². The molecule has 106 valence electrons. The van der Waals surface area contributed by atoms with Crippen LogP contribution in [-0.4, -0.2) is 5.11 Å². The Morgan fingerprint density at radius 1 is 1.15 bits per heavy atom. The van der Waals surface area contributed by atoms with Gasteiger partial charge in [-0.1, -0.05) is 43.6 Å². The first-order chi connectivity index (χ1) is 9.60. The Balaban J connectivity index is 1.98. The van der Waals surface area contributed by atoms with Crippen LogP contribution in [0.15, 0.2) is 42.5 Å². The van der Waals surface area contributed by atoms with Crippen molar-refractivity contribution in [3.8, 4) is 5.75 Å². The standard InChI is InChI=1S/C17H20ClNO/c1-3-12(2)14-5-7-15(8-6-14)19-11-13-4-9-17(20)16(18)10-13/h4-10,12,19-20H,3,11H2,1-2H3. The molecule has 2 aromatic carbocycles. The number of hydrogen-bond donors (Lipinski definition) is 2. The zero-order chi connectivity index (χ0) is 14.5. The van der Waals surface area contributed by atoms with Crippen molar-refractivity contribution in [2.24, 2.45) is 0 Å². The van der Waals surface area contributed by atoms with Crippen LogP contribution in [0.4, 0.5) is 5.69 Å². The van der Waals surface area contributed by atoms with E-state index >= 15 is 0 Å². The molecule has 0 saturated heterocycles. The third-order valence-corrected chi connectivity index (χ3v) is 3.90. The number of aromatic hydroxyl groups is 1. The van der Waals surface area contributed by atoms with Crippen molar-refractivity contribution >= 4 is 17.3 Å². The van der Waals surface area contributed by atoms with E-state index in [-0.39, 0.29) is 5.75 Å². The summed E-state index contributed by atoms with van der Waals surface area (Å²) in [5.74, 6) is 0.716. The maximum absolute atomic E-state index is 9.38. The van der Waals surface area contributed by atoms with Crippen LogP contribution in [0.1, 0.15) is 37.3 Å². The lowest BCUT2D eigenvalue weighted by atomic mass is 9.99. The molecular weight excluding hydrogens is 270 g/mol.